The standard InChI is InChI=1S/C15H15F3N2O/c1-11-6-7-12(8-19-11)9-20-13-4-2-3-5-14(13)21-10-15(16,17)18/h2-8,20H,9-10H2,1H3. The molecule has 21 heavy (non-hydrogen) atoms. The van der Waals surface area contributed by atoms with E-state index in [2.05, 4.69) is 10.3 Å². The number of alkyl halides is 3. The number of ether oxygens (including phenoxy) is 1. The summed E-state index contributed by atoms with van der Waals surface area (Å²) in [5.41, 5.74) is 2.36. The van der Waals surface area contributed by atoms with Gasteiger partial charge in [-0.2, -0.15) is 13.2 Å². The van der Waals surface area contributed by atoms with E-state index < -0.39 is 12.8 Å². The molecular formula is C15H15F3N2O. The molecule has 0 aliphatic rings. The van der Waals surface area contributed by atoms with Crippen molar-refractivity contribution in [2.75, 3.05) is 11.9 Å². The molecule has 6 heteroatoms. The summed E-state index contributed by atoms with van der Waals surface area (Å²) >= 11 is 0. The second kappa shape index (κ2) is 6.47. The number of benzene rings is 1. The highest BCUT2D eigenvalue weighted by molar-refractivity contribution is 5.56. The number of rotatable bonds is 5. The normalized spacial score (nSPS) is 11.2. The van der Waals surface area contributed by atoms with Gasteiger partial charge in [-0.25, -0.2) is 0 Å². The molecule has 0 aliphatic carbocycles. The topological polar surface area (TPSA) is 34.1 Å². The number of nitrogens with one attached hydrogen (secondary N) is 1. The molecule has 0 amide bonds. The van der Waals surface area contributed by atoms with Gasteiger partial charge in [0.25, 0.3) is 0 Å². The van der Waals surface area contributed by atoms with E-state index in [-0.39, 0.29) is 5.75 Å². The second-order valence-corrected chi connectivity index (χ2v) is 4.56. The van der Waals surface area contributed by atoms with E-state index in [1.807, 2.05) is 19.1 Å². The van der Waals surface area contributed by atoms with Gasteiger partial charge in [-0.05, 0) is 30.7 Å². The van der Waals surface area contributed by atoms with E-state index in [9.17, 15) is 13.2 Å². The van der Waals surface area contributed by atoms with Gasteiger partial charge in [0.05, 0.1) is 5.69 Å². The van der Waals surface area contributed by atoms with Crippen molar-refractivity contribution in [1.82, 2.24) is 4.98 Å². The van der Waals surface area contributed by atoms with Gasteiger partial charge in [-0.1, -0.05) is 18.2 Å². The quantitative estimate of drug-likeness (QED) is 0.907. The Bertz CT molecular complexity index is 582. The summed E-state index contributed by atoms with van der Waals surface area (Å²) < 4.78 is 41.4. The van der Waals surface area contributed by atoms with Crippen LogP contribution in [0.3, 0.4) is 0 Å². The monoisotopic (exact) mass is 296 g/mol. The molecule has 1 N–H and O–H groups in total. The lowest BCUT2D eigenvalue weighted by molar-refractivity contribution is -0.153. The number of pyridine rings is 1. The molecule has 0 atom stereocenters. The van der Waals surface area contributed by atoms with Gasteiger partial charge in [-0.15, -0.1) is 0 Å². The fourth-order valence-electron chi connectivity index (χ4n) is 1.70. The SMILES string of the molecule is Cc1ccc(CNc2ccccc2OCC(F)(F)F)cn1. The van der Waals surface area contributed by atoms with E-state index in [1.54, 1.807) is 24.4 Å². The number of hydrogen-bond donors (Lipinski definition) is 1. The van der Waals surface area contributed by atoms with Crippen molar-refractivity contribution in [2.24, 2.45) is 0 Å². The van der Waals surface area contributed by atoms with Crippen LogP contribution in [0.5, 0.6) is 5.75 Å². The molecule has 0 radical (unpaired) electrons. The average molecular weight is 296 g/mol. The summed E-state index contributed by atoms with van der Waals surface area (Å²) in [4.78, 5) is 4.16. The van der Waals surface area contributed by atoms with Gasteiger partial charge in [0.2, 0.25) is 0 Å². The molecule has 0 fully saturated rings. The first kappa shape index (κ1) is 15.2. The van der Waals surface area contributed by atoms with Crippen LogP contribution in [0, 0.1) is 6.92 Å². The van der Waals surface area contributed by atoms with Crippen LogP contribution in [0.4, 0.5) is 18.9 Å². The van der Waals surface area contributed by atoms with Gasteiger partial charge in [0, 0.05) is 18.4 Å². The largest absolute Gasteiger partial charge is 0.482 e. The molecule has 1 aromatic heterocycles. The minimum Gasteiger partial charge on any atom is -0.482 e. The third-order valence-corrected chi connectivity index (χ3v) is 2.73. The lowest BCUT2D eigenvalue weighted by Crippen LogP contribution is -2.19. The molecule has 2 rings (SSSR count). The molecular weight excluding hydrogens is 281 g/mol. The third-order valence-electron chi connectivity index (χ3n) is 2.73. The Kier molecular flexibility index (Phi) is 4.67. The summed E-state index contributed by atoms with van der Waals surface area (Å²) in [5.74, 6) is 0.176. The van der Waals surface area contributed by atoms with Crippen LogP contribution in [0.25, 0.3) is 0 Å². The van der Waals surface area contributed by atoms with Gasteiger partial charge in [0.15, 0.2) is 6.61 Å². The maximum Gasteiger partial charge on any atom is 0.422 e. The molecule has 1 aromatic carbocycles. The zero-order valence-electron chi connectivity index (χ0n) is 11.4. The minimum absolute atomic E-state index is 0.176. The molecule has 3 nitrogen and oxygen atoms in total. The highest BCUT2D eigenvalue weighted by Gasteiger charge is 2.28. The average Bonchev–Trinajstić information content (AvgIpc) is 2.44. The molecule has 0 unspecified atom stereocenters. The van der Waals surface area contributed by atoms with Crippen molar-refractivity contribution >= 4 is 5.69 Å². The fraction of sp³-hybridized carbons (Fsp3) is 0.267. The molecule has 0 spiro atoms. The number of anilines is 1. The summed E-state index contributed by atoms with van der Waals surface area (Å²) in [6, 6.07) is 10.3. The maximum atomic E-state index is 12.2. The van der Waals surface area contributed by atoms with Crippen molar-refractivity contribution in [3.8, 4) is 5.75 Å². The van der Waals surface area contributed by atoms with Crippen LogP contribution >= 0.6 is 0 Å². The summed E-state index contributed by atoms with van der Waals surface area (Å²) in [6.45, 7) is 1.04. The van der Waals surface area contributed by atoms with Crippen molar-refractivity contribution in [3.63, 3.8) is 0 Å². The summed E-state index contributed by atoms with van der Waals surface area (Å²) in [6.07, 6.45) is -2.63. The van der Waals surface area contributed by atoms with Gasteiger partial charge in [0.1, 0.15) is 5.75 Å². The minimum atomic E-state index is -4.35. The summed E-state index contributed by atoms with van der Waals surface area (Å²) in [5, 5.41) is 3.05. The van der Waals surface area contributed by atoms with E-state index in [1.165, 1.54) is 6.07 Å². The van der Waals surface area contributed by atoms with E-state index in [0.717, 1.165) is 11.3 Å². The Morgan fingerprint density at radius 3 is 2.57 bits per heavy atom. The third kappa shape index (κ3) is 4.98. The van der Waals surface area contributed by atoms with Gasteiger partial charge >= 0.3 is 6.18 Å². The highest BCUT2D eigenvalue weighted by atomic mass is 19.4. The van der Waals surface area contributed by atoms with Crippen LogP contribution < -0.4 is 10.1 Å². The van der Waals surface area contributed by atoms with Crippen LogP contribution in [-0.2, 0) is 6.54 Å². The van der Waals surface area contributed by atoms with Crippen LogP contribution in [0.15, 0.2) is 42.6 Å². The zero-order chi connectivity index (χ0) is 15.3. The Morgan fingerprint density at radius 2 is 1.90 bits per heavy atom. The molecule has 2 aromatic rings. The zero-order valence-corrected chi connectivity index (χ0v) is 11.4. The Labute approximate surface area is 120 Å². The lowest BCUT2D eigenvalue weighted by atomic mass is 10.2. The van der Waals surface area contributed by atoms with E-state index >= 15 is 0 Å². The van der Waals surface area contributed by atoms with Crippen molar-refractivity contribution in [1.29, 1.82) is 0 Å². The molecule has 1 heterocycles. The first-order chi connectivity index (χ1) is 9.94. The predicted octanol–water partition coefficient (Wildman–Crippen LogP) is 3.94. The Morgan fingerprint density at radius 1 is 1.14 bits per heavy atom. The molecule has 0 saturated heterocycles. The van der Waals surface area contributed by atoms with Gasteiger partial charge in [-0.3, -0.25) is 4.98 Å². The van der Waals surface area contributed by atoms with Crippen LogP contribution in [0.2, 0.25) is 0 Å². The number of hydrogen-bond acceptors (Lipinski definition) is 3. The van der Waals surface area contributed by atoms with Crippen LogP contribution in [-0.4, -0.2) is 17.8 Å². The first-order valence-electron chi connectivity index (χ1n) is 6.38. The molecule has 0 saturated carbocycles. The highest BCUT2D eigenvalue weighted by Crippen LogP contribution is 2.26. The Hall–Kier alpha value is -2.24. The van der Waals surface area contributed by atoms with E-state index in [0.29, 0.717) is 12.2 Å². The van der Waals surface area contributed by atoms with Crippen molar-refractivity contribution in [3.05, 3.63) is 53.9 Å². The fourth-order valence-corrected chi connectivity index (χ4v) is 1.70. The number of para-hydroxylation sites is 2. The van der Waals surface area contributed by atoms with Crippen LogP contribution in [0.1, 0.15) is 11.3 Å². The summed E-state index contributed by atoms with van der Waals surface area (Å²) in [7, 11) is 0. The molecule has 0 aliphatic heterocycles. The first-order valence-corrected chi connectivity index (χ1v) is 6.38. The van der Waals surface area contributed by atoms with Crippen molar-refractivity contribution < 1.29 is 17.9 Å². The van der Waals surface area contributed by atoms with Gasteiger partial charge < -0.3 is 10.1 Å². The second-order valence-electron chi connectivity index (χ2n) is 4.56. The predicted molar refractivity (Wildman–Crippen MR) is 74.3 cm³/mol. The lowest BCUT2D eigenvalue weighted by Gasteiger charge is -2.14. The number of nitrogens with zero attached hydrogens (tertiary/aromatic N) is 1. The van der Waals surface area contributed by atoms with Crippen molar-refractivity contribution in [2.45, 2.75) is 19.6 Å². The number of halogens is 3. The molecule has 0 bridgehead atoms. The maximum absolute atomic E-state index is 12.2. The Balaban J connectivity index is 2.01. The number of aromatic nitrogens is 1. The number of aryl methyl sites for hydroxylation is 1. The molecule has 112 valence electrons. The smallest absolute Gasteiger partial charge is 0.422 e. The van der Waals surface area contributed by atoms with E-state index in [4.69, 9.17) is 4.74 Å².